The predicted molar refractivity (Wildman–Crippen MR) is 63.4 cm³/mol. The minimum absolute atomic E-state index is 0.383. The van der Waals surface area contributed by atoms with E-state index in [1.54, 1.807) is 0 Å². The summed E-state index contributed by atoms with van der Waals surface area (Å²) < 4.78 is 0. The summed E-state index contributed by atoms with van der Waals surface area (Å²) in [5, 5.41) is 11.5. The number of amides is 1. The van der Waals surface area contributed by atoms with Crippen molar-refractivity contribution < 1.29 is 14.7 Å². The maximum atomic E-state index is 11.2. The largest absolute Gasteiger partial charge is 0.480 e. The van der Waals surface area contributed by atoms with Gasteiger partial charge in [0.15, 0.2) is 0 Å². The van der Waals surface area contributed by atoms with Crippen LogP contribution in [0.5, 0.6) is 0 Å². The fraction of sp³-hybridized carbons (Fsp3) is 0.333. The van der Waals surface area contributed by atoms with Crippen LogP contribution in [0.2, 0.25) is 0 Å². The van der Waals surface area contributed by atoms with Crippen LogP contribution in [0, 0.1) is 0 Å². The zero-order chi connectivity index (χ0) is 12.8. The molecule has 0 bridgehead atoms. The van der Waals surface area contributed by atoms with Crippen LogP contribution in [-0.4, -0.2) is 29.1 Å². The molecule has 0 heterocycles. The summed E-state index contributed by atoms with van der Waals surface area (Å²) in [4.78, 5) is 21.9. The summed E-state index contributed by atoms with van der Waals surface area (Å²) in [6.07, 6.45) is 0.383. The van der Waals surface area contributed by atoms with Crippen LogP contribution in [0.4, 0.5) is 0 Å². The van der Waals surface area contributed by atoms with Gasteiger partial charge in [0.2, 0.25) is 5.91 Å². The smallest absolute Gasteiger partial charge is 0.320 e. The Kier molecular flexibility index (Phi) is 4.66. The number of carbonyl (C=O) groups excluding carboxylic acids is 1. The maximum Gasteiger partial charge on any atom is 0.320 e. The van der Waals surface area contributed by atoms with Gasteiger partial charge in [0.25, 0.3) is 0 Å². The van der Waals surface area contributed by atoms with Crippen molar-refractivity contribution in [3.8, 4) is 0 Å². The van der Waals surface area contributed by atoms with E-state index >= 15 is 0 Å². The lowest BCUT2D eigenvalue weighted by atomic mass is 10.0. The summed E-state index contributed by atoms with van der Waals surface area (Å²) in [5.74, 6) is -1.56. The van der Waals surface area contributed by atoms with Crippen molar-refractivity contribution in [3.05, 3.63) is 35.9 Å². The van der Waals surface area contributed by atoms with Crippen LogP contribution in [0.25, 0.3) is 0 Å². The molecule has 1 aromatic rings. The fourth-order valence-corrected chi connectivity index (χ4v) is 1.46. The molecular formula is C12H16N2O3. The number of carboxylic acids is 1. The Bertz CT molecular complexity index is 392. The number of aliphatic carboxylic acids is 1. The van der Waals surface area contributed by atoms with Gasteiger partial charge in [0, 0.05) is 0 Å². The van der Waals surface area contributed by atoms with Crippen molar-refractivity contribution >= 4 is 11.9 Å². The molecule has 0 aliphatic rings. The standard InChI is InChI=1S/C12H16N2O3/c1-8(12(16)17)14-10(11(13)15)7-9-5-3-2-4-6-9/h2-6,8,10,14H,7H2,1H3,(H2,13,15)(H,16,17)/t8?,10-/m0/s1. The third-order valence-electron chi connectivity index (χ3n) is 2.45. The lowest BCUT2D eigenvalue weighted by Crippen LogP contribution is -2.49. The van der Waals surface area contributed by atoms with E-state index in [-0.39, 0.29) is 0 Å². The molecular weight excluding hydrogens is 220 g/mol. The lowest BCUT2D eigenvalue weighted by molar-refractivity contribution is -0.139. The molecule has 0 saturated heterocycles. The van der Waals surface area contributed by atoms with Gasteiger partial charge in [-0.05, 0) is 18.9 Å². The van der Waals surface area contributed by atoms with Crippen molar-refractivity contribution in [2.75, 3.05) is 0 Å². The minimum atomic E-state index is -1.01. The van der Waals surface area contributed by atoms with E-state index in [4.69, 9.17) is 10.8 Å². The first-order valence-corrected chi connectivity index (χ1v) is 5.33. The summed E-state index contributed by atoms with van der Waals surface area (Å²) in [7, 11) is 0. The van der Waals surface area contributed by atoms with E-state index in [2.05, 4.69) is 5.32 Å². The minimum Gasteiger partial charge on any atom is -0.480 e. The van der Waals surface area contributed by atoms with Gasteiger partial charge in [-0.1, -0.05) is 30.3 Å². The Morgan fingerprint density at radius 1 is 1.35 bits per heavy atom. The molecule has 1 unspecified atom stereocenters. The number of hydrogen-bond acceptors (Lipinski definition) is 3. The Balaban J connectivity index is 2.67. The zero-order valence-corrected chi connectivity index (χ0v) is 9.59. The maximum absolute atomic E-state index is 11.2. The first kappa shape index (κ1) is 13.2. The predicted octanol–water partition coefficient (Wildman–Crippen LogP) is 0.146. The number of nitrogens with two attached hydrogens (primary N) is 1. The summed E-state index contributed by atoms with van der Waals surface area (Å²) in [6.45, 7) is 1.48. The number of nitrogens with one attached hydrogen (secondary N) is 1. The number of rotatable bonds is 6. The van der Waals surface area contributed by atoms with Gasteiger partial charge in [-0.3, -0.25) is 14.9 Å². The van der Waals surface area contributed by atoms with Crippen LogP contribution in [0.3, 0.4) is 0 Å². The van der Waals surface area contributed by atoms with Crippen molar-refractivity contribution in [2.45, 2.75) is 25.4 Å². The van der Waals surface area contributed by atoms with Gasteiger partial charge in [-0.25, -0.2) is 0 Å². The van der Waals surface area contributed by atoms with E-state index in [1.807, 2.05) is 30.3 Å². The second-order valence-corrected chi connectivity index (χ2v) is 3.87. The summed E-state index contributed by atoms with van der Waals surface area (Å²) in [5.41, 5.74) is 6.17. The Labute approximate surface area is 99.6 Å². The zero-order valence-electron chi connectivity index (χ0n) is 9.59. The van der Waals surface area contributed by atoms with Gasteiger partial charge in [-0.2, -0.15) is 0 Å². The van der Waals surface area contributed by atoms with Gasteiger partial charge in [0.05, 0.1) is 6.04 Å². The van der Waals surface area contributed by atoms with E-state index in [0.717, 1.165) is 5.56 Å². The van der Waals surface area contributed by atoms with Crippen LogP contribution in [0.15, 0.2) is 30.3 Å². The normalized spacial score (nSPS) is 13.9. The van der Waals surface area contributed by atoms with Crippen LogP contribution >= 0.6 is 0 Å². The van der Waals surface area contributed by atoms with Crippen molar-refractivity contribution in [1.82, 2.24) is 5.32 Å². The van der Waals surface area contributed by atoms with Crippen LogP contribution in [-0.2, 0) is 16.0 Å². The fourth-order valence-electron chi connectivity index (χ4n) is 1.46. The molecule has 5 heteroatoms. The van der Waals surface area contributed by atoms with E-state index in [0.29, 0.717) is 6.42 Å². The first-order chi connectivity index (χ1) is 8.00. The number of hydrogen-bond donors (Lipinski definition) is 3. The SMILES string of the molecule is CC(N[C@@H](Cc1ccccc1)C(N)=O)C(=O)O. The molecule has 1 amide bonds. The molecule has 0 fully saturated rings. The second kappa shape index (κ2) is 6.00. The Morgan fingerprint density at radius 2 is 1.94 bits per heavy atom. The average molecular weight is 236 g/mol. The molecule has 1 aromatic carbocycles. The molecule has 0 spiro atoms. The summed E-state index contributed by atoms with van der Waals surface area (Å²) >= 11 is 0. The molecule has 0 radical (unpaired) electrons. The highest BCUT2D eigenvalue weighted by Gasteiger charge is 2.21. The van der Waals surface area contributed by atoms with Gasteiger partial charge < -0.3 is 10.8 Å². The monoisotopic (exact) mass is 236 g/mol. The lowest BCUT2D eigenvalue weighted by Gasteiger charge is -2.18. The number of carboxylic acid groups (broad SMARTS) is 1. The molecule has 4 N–H and O–H groups in total. The van der Waals surface area contributed by atoms with E-state index in [1.165, 1.54) is 6.92 Å². The van der Waals surface area contributed by atoms with Gasteiger partial charge in [0.1, 0.15) is 6.04 Å². The third-order valence-corrected chi connectivity index (χ3v) is 2.45. The number of carbonyl (C=O) groups is 2. The highest BCUT2D eigenvalue weighted by atomic mass is 16.4. The molecule has 0 saturated carbocycles. The van der Waals surface area contributed by atoms with Crippen LogP contribution in [0.1, 0.15) is 12.5 Å². The molecule has 17 heavy (non-hydrogen) atoms. The third kappa shape index (κ3) is 4.24. The Hall–Kier alpha value is -1.88. The number of benzene rings is 1. The quantitative estimate of drug-likeness (QED) is 0.655. The molecule has 2 atom stereocenters. The average Bonchev–Trinajstić information content (AvgIpc) is 2.29. The van der Waals surface area contributed by atoms with Gasteiger partial charge in [-0.15, -0.1) is 0 Å². The second-order valence-electron chi connectivity index (χ2n) is 3.87. The molecule has 0 aromatic heterocycles. The van der Waals surface area contributed by atoms with Crippen molar-refractivity contribution in [2.24, 2.45) is 5.73 Å². The van der Waals surface area contributed by atoms with Crippen LogP contribution < -0.4 is 11.1 Å². The van der Waals surface area contributed by atoms with Crippen molar-refractivity contribution in [3.63, 3.8) is 0 Å². The summed E-state index contributed by atoms with van der Waals surface area (Å²) in [6, 6.07) is 7.82. The van der Waals surface area contributed by atoms with E-state index in [9.17, 15) is 9.59 Å². The molecule has 92 valence electrons. The molecule has 1 rings (SSSR count). The Morgan fingerprint density at radius 3 is 2.41 bits per heavy atom. The highest BCUT2D eigenvalue weighted by Crippen LogP contribution is 2.03. The topological polar surface area (TPSA) is 92.4 Å². The molecule has 0 aliphatic heterocycles. The van der Waals surface area contributed by atoms with E-state index < -0.39 is 24.0 Å². The molecule has 5 nitrogen and oxygen atoms in total. The molecule has 0 aliphatic carbocycles. The van der Waals surface area contributed by atoms with Crippen molar-refractivity contribution in [1.29, 1.82) is 0 Å². The van der Waals surface area contributed by atoms with Gasteiger partial charge >= 0.3 is 5.97 Å². The number of primary amides is 1. The highest BCUT2D eigenvalue weighted by molar-refractivity contribution is 5.81. The first-order valence-electron chi connectivity index (χ1n) is 5.33.